The molecule has 68 valence electrons. The summed E-state index contributed by atoms with van der Waals surface area (Å²) in [7, 11) is 0. The van der Waals surface area contributed by atoms with Crippen molar-refractivity contribution in [2.75, 3.05) is 0 Å². The smallest absolute Gasteiger partial charge is 0.00507 e. The molecule has 12 heavy (non-hydrogen) atoms. The maximum atomic E-state index is 2.48. The molecule has 0 N–H and O–H groups in total. The first-order valence-corrected chi connectivity index (χ1v) is 5.23. The fourth-order valence-electron chi connectivity index (χ4n) is 1.84. The molecule has 0 radical (unpaired) electrons. The van der Waals surface area contributed by atoms with Crippen LogP contribution in [0.15, 0.2) is 23.8 Å². The molecule has 0 aromatic rings. The molecule has 1 atom stereocenters. The molecule has 0 heterocycles. The van der Waals surface area contributed by atoms with E-state index in [1.807, 2.05) is 0 Å². The highest BCUT2D eigenvalue weighted by Crippen LogP contribution is 2.22. The van der Waals surface area contributed by atoms with Crippen molar-refractivity contribution < 1.29 is 0 Å². The van der Waals surface area contributed by atoms with E-state index < -0.39 is 0 Å². The lowest BCUT2D eigenvalue weighted by atomic mass is 9.92. The Morgan fingerprint density at radius 3 is 2.83 bits per heavy atom. The maximum absolute atomic E-state index is 2.48. The molecule has 0 fully saturated rings. The van der Waals surface area contributed by atoms with Gasteiger partial charge in [-0.05, 0) is 25.2 Å². The van der Waals surface area contributed by atoms with E-state index in [0.29, 0.717) is 0 Å². The van der Waals surface area contributed by atoms with E-state index >= 15 is 0 Å². The molecule has 0 saturated heterocycles. The van der Waals surface area contributed by atoms with E-state index in [1.54, 1.807) is 5.57 Å². The van der Waals surface area contributed by atoms with Gasteiger partial charge in [-0.3, -0.25) is 0 Å². The molecule has 0 heteroatoms. The average Bonchev–Trinajstić information content (AvgIpc) is 2.06. The molecule has 0 amide bonds. The number of allylic oxidation sites excluding steroid dienone is 4. The van der Waals surface area contributed by atoms with Gasteiger partial charge in [0.2, 0.25) is 0 Å². The molecule has 0 aliphatic heterocycles. The molecule has 0 spiro atoms. The zero-order valence-electron chi connectivity index (χ0n) is 8.34. The van der Waals surface area contributed by atoms with Crippen LogP contribution in [0.1, 0.15) is 46.0 Å². The Balaban J connectivity index is 2.43. The first-order valence-electron chi connectivity index (χ1n) is 5.23. The highest BCUT2D eigenvalue weighted by Gasteiger charge is 2.06. The molecule has 0 aromatic carbocycles. The normalized spacial score (nSPS) is 22.5. The van der Waals surface area contributed by atoms with Crippen LogP contribution < -0.4 is 0 Å². The fraction of sp³-hybridized carbons (Fsp3) is 0.667. The van der Waals surface area contributed by atoms with Gasteiger partial charge < -0.3 is 0 Å². The van der Waals surface area contributed by atoms with Gasteiger partial charge in [0, 0.05) is 0 Å². The van der Waals surface area contributed by atoms with Crippen molar-refractivity contribution in [3.63, 3.8) is 0 Å². The van der Waals surface area contributed by atoms with Gasteiger partial charge in [0.15, 0.2) is 0 Å². The lowest BCUT2D eigenvalue weighted by Gasteiger charge is -2.14. The predicted octanol–water partition coefficient (Wildman–Crippen LogP) is 4.09. The quantitative estimate of drug-likeness (QED) is 0.549. The van der Waals surface area contributed by atoms with Crippen LogP contribution in [0.2, 0.25) is 0 Å². The Hall–Kier alpha value is -0.520. The Morgan fingerprint density at radius 1 is 1.33 bits per heavy atom. The Morgan fingerprint density at radius 2 is 2.17 bits per heavy atom. The lowest BCUT2D eigenvalue weighted by Crippen LogP contribution is -1.98. The maximum Gasteiger partial charge on any atom is -0.00507 e. The summed E-state index contributed by atoms with van der Waals surface area (Å²) in [4.78, 5) is 0. The van der Waals surface area contributed by atoms with Gasteiger partial charge in [0.05, 0.1) is 0 Å². The minimum absolute atomic E-state index is 0.741. The van der Waals surface area contributed by atoms with E-state index in [9.17, 15) is 0 Å². The monoisotopic (exact) mass is 164 g/mol. The van der Waals surface area contributed by atoms with Crippen molar-refractivity contribution in [3.8, 4) is 0 Å². The standard InChI is InChI=1S/C12H20/c1-3-6-11-8-5-9-12(10-11)7-4-2/h5,8,10-11H,3-4,6-7,9H2,1-2H3. The Labute approximate surface area is 76.4 Å². The summed E-state index contributed by atoms with van der Waals surface area (Å²) in [6.07, 6.45) is 13.6. The molecule has 0 aromatic heterocycles. The summed E-state index contributed by atoms with van der Waals surface area (Å²) in [5, 5.41) is 0. The minimum Gasteiger partial charge on any atom is -0.0839 e. The fourth-order valence-corrected chi connectivity index (χ4v) is 1.84. The summed E-state index contributed by atoms with van der Waals surface area (Å²) in [6.45, 7) is 4.52. The van der Waals surface area contributed by atoms with Crippen molar-refractivity contribution in [2.24, 2.45) is 5.92 Å². The van der Waals surface area contributed by atoms with Gasteiger partial charge >= 0.3 is 0 Å². The molecule has 1 unspecified atom stereocenters. The average molecular weight is 164 g/mol. The SMILES string of the molecule is CCCC1=CC(CCC)C=CC1. The molecule has 0 saturated carbocycles. The summed E-state index contributed by atoms with van der Waals surface area (Å²) >= 11 is 0. The van der Waals surface area contributed by atoms with Crippen LogP contribution in [0.25, 0.3) is 0 Å². The van der Waals surface area contributed by atoms with Crippen LogP contribution in [0.4, 0.5) is 0 Å². The summed E-state index contributed by atoms with van der Waals surface area (Å²) in [6, 6.07) is 0. The molecule has 0 nitrogen and oxygen atoms in total. The first-order chi connectivity index (χ1) is 5.86. The van der Waals surface area contributed by atoms with Crippen LogP contribution in [-0.4, -0.2) is 0 Å². The molecular weight excluding hydrogens is 144 g/mol. The molecule has 1 aliphatic rings. The van der Waals surface area contributed by atoms with E-state index in [4.69, 9.17) is 0 Å². The highest BCUT2D eigenvalue weighted by molar-refractivity contribution is 5.18. The van der Waals surface area contributed by atoms with Gasteiger partial charge in [0.1, 0.15) is 0 Å². The second-order valence-corrected chi connectivity index (χ2v) is 3.66. The van der Waals surface area contributed by atoms with Crippen molar-refractivity contribution >= 4 is 0 Å². The van der Waals surface area contributed by atoms with Gasteiger partial charge in [-0.2, -0.15) is 0 Å². The number of rotatable bonds is 4. The molecule has 1 aliphatic carbocycles. The number of hydrogen-bond donors (Lipinski definition) is 0. The van der Waals surface area contributed by atoms with E-state index in [-0.39, 0.29) is 0 Å². The predicted molar refractivity (Wildman–Crippen MR) is 55.1 cm³/mol. The third-order valence-corrected chi connectivity index (χ3v) is 2.41. The zero-order chi connectivity index (χ0) is 8.81. The van der Waals surface area contributed by atoms with Crippen molar-refractivity contribution in [3.05, 3.63) is 23.8 Å². The molecular formula is C12H20. The van der Waals surface area contributed by atoms with E-state index in [1.165, 1.54) is 32.1 Å². The van der Waals surface area contributed by atoms with Crippen LogP contribution in [0.5, 0.6) is 0 Å². The van der Waals surface area contributed by atoms with Gasteiger partial charge in [-0.25, -0.2) is 0 Å². The third-order valence-electron chi connectivity index (χ3n) is 2.41. The Kier molecular flexibility index (Phi) is 4.13. The topological polar surface area (TPSA) is 0 Å². The number of hydrogen-bond acceptors (Lipinski definition) is 0. The third kappa shape index (κ3) is 2.84. The second-order valence-electron chi connectivity index (χ2n) is 3.66. The van der Waals surface area contributed by atoms with E-state index in [0.717, 1.165) is 5.92 Å². The summed E-state index contributed by atoms with van der Waals surface area (Å²) in [5.74, 6) is 0.741. The van der Waals surface area contributed by atoms with Gasteiger partial charge in [-0.15, -0.1) is 0 Å². The lowest BCUT2D eigenvalue weighted by molar-refractivity contribution is 0.668. The highest BCUT2D eigenvalue weighted by atomic mass is 14.1. The van der Waals surface area contributed by atoms with Gasteiger partial charge in [0.25, 0.3) is 0 Å². The van der Waals surface area contributed by atoms with Crippen LogP contribution in [0, 0.1) is 5.92 Å². The van der Waals surface area contributed by atoms with Crippen LogP contribution in [0.3, 0.4) is 0 Å². The minimum atomic E-state index is 0.741. The van der Waals surface area contributed by atoms with Crippen molar-refractivity contribution in [1.29, 1.82) is 0 Å². The van der Waals surface area contributed by atoms with E-state index in [2.05, 4.69) is 32.1 Å². The molecule has 1 rings (SSSR count). The summed E-state index contributed by atoms with van der Waals surface area (Å²) in [5.41, 5.74) is 1.65. The Bertz CT molecular complexity index is 174. The first kappa shape index (κ1) is 9.57. The second kappa shape index (κ2) is 5.18. The molecule has 0 bridgehead atoms. The largest absolute Gasteiger partial charge is 0.0839 e. The van der Waals surface area contributed by atoms with Gasteiger partial charge in [-0.1, -0.05) is 50.5 Å². The van der Waals surface area contributed by atoms with Crippen LogP contribution >= 0.6 is 0 Å². The van der Waals surface area contributed by atoms with Crippen molar-refractivity contribution in [1.82, 2.24) is 0 Å². The summed E-state index contributed by atoms with van der Waals surface area (Å²) < 4.78 is 0. The van der Waals surface area contributed by atoms with Crippen molar-refractivity contribution in [2.45, 2.75) is 46.0 Å². The van der Waals surface area contributed by atoms with Crippen LogP contribution in [-0.2, 0) is 0 Å². The zero-order valence-corrected chi connectivity index (χ0v) is 8.34.